The van der Waals surface area contributed by atoms with Crippen molar-refractivity contribution in [2.75, 3.05) is 24.6 Å². The van der Waals surface area contributed by atoms with Crippen LogP contribution in [0.1, 0.15) is 80.1 Å². The molecule has 354 valence electrons. The van der Waals surface area contributed by atoms with E-state index in [4.69, 9.17) is 28.3 Å². The van der Waals surface area contributed by atoms with Gasteiger partial charge < -0.3 is 75.7 Å². The predicted molar refractivity (Wildman–Crippen MR) is 234 cm³/mol. The third-order valence-corrected chi connectivity index (χ3v) is 9.80. The Morgan fingerprint density at radius 1 is 0.677 bits per heavy atom. The normalized spacial score (nSPS) is 15.3. The highest BCUT2D eigenvalue weighted by Crippen LogP contribution is 2.20. The van der Waals surface area contributed by atoms with Gasteiger partial charge in [0, 0.05) is 18.1 Å². The summed E-state index contributed by atoms with van der Waals surface area (Å²) in [4.78, 5) is 117. The van der Waals surface area contributed by atoms with E-state index in [0.29, 0.717) is 19.4 Å². The number of carbonyl (C=O) groups is 9. The molecule has 0 rings (SSSR count). The summed E-state index contributed by atoms with van der Waals surface area (Å²) in [6.45, 7) is 8.81. The van der Waals surface area contributed by atoms with Gasteiger partial charge in [-0.15, -0.1) is 0 Å². The van der Waals surface area contributed by atoms with Crippen LogP contribution in [0.5, 0.6) is 0 Å². The fourth-order valence-electron chi connectivity index (χ4n) is 5.40. The zero-order valence-corrected chi connectivity index (χ0v) is 37.8. The fraction of sp³-hybridized carbons (Fsp3) is 0.722. The third-order valence-electron chi connectivity index (χ3n) is 9.04. The number of aliphatic hydroxyl groups excluding tert-OH is 1. The van der Waals surface area contributed by atoms with Gasteiger partial charge in [0.15, 0.2) is 12.0 Å². The van der Waals surface area contributed by atoms with Gasteiger partial charge in [-0.05, 0) is 64.8 Å². The molecule has 0 heterocycles. The summed E-state index contributed by atoms with van der Waals surface area (Å²) in [5.74, 6) is -9.57. The number of aliphatic carboxylic acids is 1. The van der Waals surface area contributed by atoms with Crippen molar-refractivity contribution >= 4 is 84.4 Å². The summed E-state index contributed by atoms with van der Waals surface area (Å²) < 4.78 is 0. The lowest BCUT2D eigenvalue weighted by Crippen LogP contribution is -2.64. The summed E-state index contributed by atoms with van der Waals surface area (Å²) in [5.41, 5.74) is 19.2. The van der Waals surface area contributed by atoms with Crippen molar-refractivity contribution in [3.05, 3.63) is 0 Å². The molecular weight excluding hydrogens is 855 g/mol. The fourth-order valence-corrected chi connectivity index (χ4v) is 5.83. The Bertz CT molecular complexity index is 1600. The first-order chi connectivity index (χ1) is 28.6. The molecule has 0 unspecified atom stereocenters. The molecule has 19 N–H and O–H groups in total. The average Bonchev–Trinajstić information content (AvgIpc) is 3.16. The second-order valence-corrected chi connectivity index (χ2v) is 16.8. The number of rotatable bonds is 28. The molecule has 0 aliphatic rings. The number of nitrogens with one attached hydrogen (secondary N) is 9. The number of aliphatic hydroxyl groups is 1. The van der Waals surface area contributed by atoms with Crippen LogP contribution in [0.4, 0.5) is 0 Å². The summed E-state index contributed by atoms with van der Waals surface area (Å²) in [6, 6.07) is -9.79. The number of amides is 8. The highest BCUT2D eigenvalue weighted by Gasteiger charge is 2.40. The summed E-state index contributed by atoms with van der Waals surface area (Å²) >= 11 is 8.14. The number of carboxylic acids is 1. The maximum Gasteiger partial charge on any atom is 0.328 e. The maximum absolute atomic E-state index is 13.8. The van der Waals surface area contributed by atoms with Crippen LogP contribution >= 0.6 is 25.3 Å². The van der Waals surface area contributed by atoms with Crippen molar-refractivity contribution in [2.45, 2.75) is 134 Å². The Morgan fingerprint density at radius 2 is 1.19 bits per heavy atom. The minimum absolute atomic E-state index is 0.0105. The predicted octanol–water partition coefficient (Wildman–Crippen LogP) is -5.24. The first-order valence-electron chi connectivity index (χ1n) is 19.7. The Labute approximate surface area is 371 Å². The number of hydrogen-bond donors (Lipinski definition) is 17. The maximum atomic E-state index is 13.8. The zero-order chi connectivity index (χ0) is 48.1. The van der Waals surface area contributed by atoms with Gasteiger partial charge in [0.1, 0.15) is 35.7 Å². The van der Waals surface area contributed by atoms with Gasteiger partial charge in [-0.2, -0.15) is 25.3 Å². The van der Waals surface area contributed by atoms with E-state index in [1.54, 1.807) is 20.8 Å². The Balaban J connectivity index is 6.31. The molecule has 26 heteroatoms. The molecule has 0 aromatic heterocycles. The van der Waals surface area contributed by atoms with Crippen molar-refractivity contribution in [3.8, 4) is 0 Å². The van der Waals surface area contributed by atoms with Gasteiger partial charge in [-0.1, -0.05) is 20.8 Å². The first-order valence-corrected chi connectivity index (χ1v) is 21.0. The summed E-state index contributed by atoms with van der Waals surface area (Å²) in [6.07, 6.45) is -1.02. The molecular formula is C36H67N13O11S2. The summed E-state index contributed by atoms with van der Waals surface area (Å²) in [7, 11) is 0. The van der Waals surface area contributed by atoms with Crippen LogP contribution in [0.25, 0.3) is 0 Å². The van der Waals surface area contributed by atoms with Crippen LogP contribution in [0.2, 0.25) is 0 Å². The van der Waals surface area contributed by atoms with Gasteiger partial charge in [0.2, 0.25) is 47.3 Å². The van der Waals surface area contributed by atoms with Crippen molar-refractivity contribution < 1.29 is 53.4 Å². The Kier molecular flexibility index (Phi) is 25.0. The molecule has 0 aromatic carbocycles. The topological polar surface area (TPSA) is 418 Å². The molecule has 8 atom stereocenters. The number of nitrogens with two attached hydrogens (primary N) is 4. The van der Waals surface area contributed by atoms with Gasteiger partial charge in [0.05, 0.1) is 18.6 Å². The molecule has 0 spiro atoms. The molecule has 8 amide bonds. The van der Waals surface area contributed by atoms with Crippen molar-refractivity contribution in [1.29, 1.82) is 5.41 Å². The Morgan fingerprint density at radius 3 is 1.68 bits per heavy atom. The van der Waals surface area contributed by atoms with E-state index >= 15 is 0 Å². The van der Waals surface area contributed by atoms with Crippen molar-refractivity contribution in [3.63, 3.8) is 0 Å². The molecule has 0 radical (unpaired) electrons. The molecule has 0 bridgehead atoms. The zero-order valence-electron chi connectivity index (χ0n) is 36.0. The van der Waals surface area contributed by atoms with Gasteiger partial charge in [-0.25, -0.2) is 4.79 Å². The minimum Gasteiger partial charge on any atom is -0.480 e. The van der Waals surface area contributed by atoms with Gasteiger partial charge >= 0.3 is 5.97 Å². The molecule has 0 aliphatic carbocycles. The van der Waals surface area contributed by atoms with E-state index in [-0.39, 0.29) is 43.3 Å². The molecule has 0 saturated carbocycles. The van der Waals surface area contributed by atoms with Crippen LogP contribution in [-0.4, -0.2) is 148 Å². The minimum atomic E-state index is -1.85. The second kappa shape index (κ2) is 27.2. The quantitative estimate of drug-likeness (QED) is 0.0151. The number of hydrogen-bond acceptors (Lipinski definition) is 15. The van der Waals surface area contributed by atoms with Crippen LogP contribution in [0, 0.1) is 10.8 Å². The lowest BCUT2D eigenvalue weighted by Gasteiger charge is -2.33. The largest absolute Gasteiger partial charge is 0.480 e. The number of primary amides is 1. The van der Waals surface area contributed by atoms with E-state index in [1.807, 2.05) is 0 Å². The molecule has 0 aliphatic heterocycles. The molecule has 62 heavy (non-hydrogen) atoms. The summed E-state index contributed by atoms with van der Waals surface area (Å²) in [5, 5.41) is 46.2. The van der Waals surface area contributed by atoms with E-state index in [9.17, 15) is 53.4 Å². The van der Waals surface area contributed by atoms with Gasteiger partial charge in [-0.3, -0.25) is 43.8 Å². The number of thiol groups is 2. The highest BCUT2D eigenvalue weighted by molar-refractivity contribution is 7.80. The smallest absolute Gasteiger partial charge is 0.328 e. The number of carboxylic acid groups (broad SMARTS) is 1. The van der Waals surface area contributed by atoms with E-state index in [1.165, 1.54) is 13.8 Å². The monoisotopic (exact) mass is 921 g/mol. The number of guanidine groups is 1. The van der Waals surface area contributed by atoms with E-state index in [2.05, 4.69) is 67.8 Å². The molecule has 0 aromatic rings. The van der Waals surface area contributed by atoms with E-state index in [0.717, 1.165) is 6.92 Å². The first kappa shape index (κ1) is 57.1. The standard InChI is InChI=1S/C36H67N13O11S2/c1-17(50)24(32(58)59)47-31(57)25(35(2,3)4)48-29(55)22(16-62)45-28(54)21(14-23(39)51)46-33(60)36(5,6)49-30(56)20(11-9-13-42-34(40)41)44-27(53)19(10-7-8-12-37)43-26(52)18(38)15-61/h17-22,24-25,50,61-62H,7-16,37-38H2,1-6H3,(H2,39,51)(H,43,52)(H,44,53)(H,45,54)(H,46,60)(H,47,57)(H,48,55)(H,49,56)(H,58,59)(H4,40,41,42)/t17-,18+,19+,20+,21+,22+,24+,25-/m1/s1. The van der Waals surface area contributed by atoms with Crippen LogP contribution in [-0.2, 0) is 43.2 Å². The second-order valence-electron chi connectivity index (χ2n) is 16.1. The highest BCUT2D eigenvalue weighted by atomic mass is 32.1. The van der Waals surface area contributed by atoms with Crippen LogP contribution < -0.4 is 65.5 Å². The Hall–Kier alpha value is -4.92. The average molecular weight is 922 g/mol. The van der Waals surface area contributed by atoms with Crippen molar-refractivity contribution in [2.24, 2.45) is 28.3 Å². The molecule has 24 nitrogen and oxygen atoms in total. The van der Waals surface area contributed by atoms with Crippen molar-refractivity contribution in [1.82, 2.24) is 42.5 Å². The van der Waals surface area contributed by atoms with Crippen LogP contribution in [0.15, 0.2) is 0 Å². The SMILES string of the molecule is C[C@@H](O)[C@H](NC(=O)[C@@H](NC(=O)[C@H](CS)NC(=O)[C@H](CC(N)=O)NC(=O)C(C)(C)NC(=O)[C@H](CCCNC(=N)N)NC(=O)[C@H](CCCCN)NC(=O)[C@@H](N)CS)C(C)(C)C)C(=O)O. The third kappa shape index (κ3) is 20.8. The van der Waals surface area contributed by atoms with E-state index < -0.39 is 119 Å². The molecule has 0 saturated heterocycles. The number of unbranched alkanes of at least 4 members (excludes halogenated alkanes) is 1. The lowest BCUT2D eigenvalue weighted by molar-refractivity contribution is -0.146. The van der Waals surface area contributed by atoms with Gasteiger partial charge in [0.25, 0.3) is 0 Å². The van der Waals surface area contributed by atoms with Crippen LogP contribution in [0.3, 0.4) is 0 Å². The molecule has 0 fully saturated rings. The lowest BCUT2D eigenvalue weighted by atomic mass is 9.85. The number of carbonyl (C=O) groups excluding carboxylic acids is 8.